The van der Waals surface area contributed by atoms with Crippen molar-refractivity contribution in [3.63, 3.8) is 0 Å². The fourth-order valence-electron chi connectivity index (χ4n) is 3.41. The molecule has 0 heterocycles. The first-order valence-electron chi connectivity index (χ1n) is 11.1. The molecule has 0 saturated heterocycles. The number of hydrogen-bond donors (Lipinski definition) is 1. The van der Waals surface area contributed by atoms with Crippen LogP contribution in [0.15, 0.2) is 71.8 Å². The number of rotatable bonds is 8. The highest BCUT2D eigenvalue weighted by Gasteiger charge is 2.18. The summed E-state index contributed by atoms with van der Waals surface area (Å²) < 4.78 is 26.2. The summed E-state index contributed by atoms with van der Waals surface area (Å²) in [5.41, 5.74) is 8.62. The predicted octanol–water partition coefficient (Wildman–Crippen LogP) is 5.16. The van der Waals surface area contributed by atoms with E-state index in [0.717, 1.165) is 22.3 Å². The van der Waals surface area contributed by atoms with Crippen LogP contribution in [0.4, 0.5) is 5.69 Å². The molecule has 1 amide bonds. The highest BCUT2D eigenvalue weighted by atomic mass is 32.2. The lowest BCUT2D eigenvalue weighted by Gasteiger charge is -2.23. The van der Waals surface area contributed by atoms with Crippen molar-refractivity contribution < 1.29 is 13.2 Å². The Labute approximate surface area is 202 Å². The van der Waals surface area contributed by atoms with Crippen LogP contribution in [0.1, 0.15) is 57.9 Å². The number of carbonyl (C=O) groups is 1. The predicted molar refractivity (Wildman–Crippen MR) is 139 cm³/mol. The molecule has 3 aromatic rings. The Morgan fingerprint density at radius 1 is 0.971 bits per heavy atom. The van der Waals surface area contributed by atoms with E-state index < -0.39 is 10.0 Å². The van der Waals surface area contributed by atoms with E-state index in [1.54, 1.807) is 36.5 Å². The van der Waals surface area contributed by atoms with Crippen molar-refractivity contribution in [3.05, 3.63) is 100 Å². The van der Waals surface area contributed by atoms with Gasteiger partial charge in [0, 0.05) is 5.56 Å². The number of anilines is 1. The van der Waals surface area contributed by atoms with E-state index in [4.69, 9.17) is 0 Å². The zero-order valence-electron chi connectivity index (χ0n) is 20.2. The van der Waals surface area contributed by atoms with Crippen LogP contribution < -0.4 is 9.73 Å². The Morgan fingerprint density at radius 3 is 2.18 bits per heavy atom. The minimum Gasteiger partial charge on any atom is -0.267 e. The van der Waals surface area contributed by atoms with E-state index in [0.29, 0.717) is 17.2 Å². The van der Waals surface area contributed by atoms with Gasteiger partial charge in [-0.3, -0.25) is 9.10 Å². The maximum Gasteiger partial charge on any atom is 0.271 e. The molecule has 0 aliphatic carbocycles. The fraction of sp³-hybridized carbons (Fsp3) is 0.259. The molecule has 0 aliphatic rings. The van der Waals surface area contributed by atoms with Gasteiger partial charge in [0.2, 0.25) is 10.0 Å². The lowest BCUT2D eigenvalue weighted by molar-refractivity contribution is 0.0955. The molecule has 0 aliphatic heterocycles. The molecule has 0 aromatic heterocycles. The van der Waals surface area contributed by atoms with Gasteiger partial charge in [-0.25, -0.2) is 13.8 Å². The largest absolute Gasteiger partial charge is 0.271 e. The number of nitrogens with one attached hydrogen (secondary N) is 1. The minimum absolute atomic E-state index is 0.174. The molecule has 0 saturated carbocycles. The number of benzene rings is 3. The average Bonchev–Trinajstić information content (AvgIpc) is 2.79. The van der Waals surface area contributed by atoms with Gasteiger partial charge in [-0.15, -0.1) is 0 Å². The summed E-state index contributed by atoms with van der Waals surface area (Å²) in [6.07, 6.45) is 2.79. The summed E-state index contributed by atoms with van der Waals surface area (Å²) in [4.78, 5) is 12.4. The fourth-order valence-corrected chi connectivity index (χ4v) is 4.29. The molecule has 0 spiro atoms. The molecule has 34 heavy (non-hydrogen) atoms. The number of amides is 1. The van der Waals surface area contributed by atoms with Crippen molar-refractivity contribution in [2.24, 2.45) is 5.10 Å². The van der Waals surface area contributed by atoms with E-state index in [1.807, 2.05) is 50.2 Å². The van der Waals surface area contributed by atoms with Crippen LogP contribution in [0, 0.1) is 13.8 Å². The van der Waals surface area contributed by atoms with Crippen LogP contribution in [0.25, 0.3) is 0 Å². The Morgan fingerprint density at radius 2 is 1.62 bits per heavy atom. The highest BCUT2D eigenvalue weighted by molar-refractivity contribution is 7.92. The van der Waals surface area contributed by atoms with E-state index in [2.05, 4.69) is 24.4 Å². The van der Waals surface area contributed by atoms with E-state index in [1.165, 1.54) is 16.1 Å². The summed E-state index contributed by atoms with van der Waals surface area (Å²) in [6, 6.07) is 20.4. The second-order valence-electron chi connectivity index (χ2n) is 8.76. The average molecular weight is 478 g/mol. The second kappa shape index (κ2) is 10.7. The van der Waals surface area contributed by atoms with Crippen molar-refractivity contribution in [1.29, 1.82) is 0 Å². The quantitative estimate of drug-likeness (QED) is 0.360. The zero-order valence-corrected chi connectivity index (χ0v) is 21.1. The lowest BCUT2D eigenvalue weighted by Crippen LogP contribution is -2.29. The number of aryl methyl sites for hydroxylation is 2. The molecule has 0 unspecified atom stereocenters. The summed E-state index contributed by atoms with van der Waals surface area (Å²) in [6.45, 7) is 8.39. The molecule has 7 heteroatoms. The summed E-state index contributed by atoms with van der Waals surface area (Å²) in [7, 11) is -3.48. The van der Waals surface area contributed by atoms with Gasteiger partial charge in [0.1, 0.15) is 0 Å². The first kappa shape index (κ1) is 25.2. The van der Waals surface area contributed by atoms with E-state index in [-0.39, 0.29) is 12.5 Å². The van der Waals surface area contributed by atoms with Crippen molar-refractivity contribution >= 4 is 27.8 Å². The lowest BCUT2D eigenvalue weighted by atomic mass is 10.0. The summed E-state index contributed by atoms with van der Waals surface area (Å²) in [5.74, 6) is 0.120. The zero-order chi connectivity index (χ0) is 24.9. The summed E-state index contributed by atoms with van der Waals surface area (Å²) >= 11 is 0. The van der Waals surface area contributed by atoms with Gasteiger partial charge in [0.15, 0.2) is 0 Å². The van der Waals surface area contributed by atoms with Gasteiger partial charge in [0.25, 0.3) is 5.91 Å². The number of nitrogens with zero attached hydrogens (tertiary/aromatic N) is 2. The first-order valence-corrected chi connectivity index (χ1v) is 13.0. The minimum atomic E-state index is -3.48. The standard InChI is InChI=1S/C27H31N3O3S/c1-19(2)24-11-7-22(8-12-24)17-28-29-27(31)25-13-9-23(10-14-25)18-30(34(5,32)33)26-15-6-20(3)21(4)16-26/h6-17,19H,18H2,1-5H3,(H,29,31)/b28-17+. The van der Waals surface area contributed by atoms with E-state index >= 15 is 0 Å². The van der Waals surface area contributed by atoms with Crippen molar-refractivity contribution in [2.45, 2.75) is 40.2 Å². The Hall–Kier alpha value is -3.45. The molecule has 178 valence electrons. The molecule has 0 radical (unpaired) electrons. The molecule has 1 N–H and O–H groups in total. The maximum atomic E-state index is 12.4. The van der Waals surface area contributed by atoms with Gasteiger partial charge in [-0.1, -0.05) is 56.3 Å². The Bertz CT molecular complexity index is 1280. The summed E-state index contributed by atoms with van der Waals surface area (Å²) in [5, 5.41) is 4.04. The first-order chi connectivity index (χ1) is 16.0. The van der Waals surface area contributed by atoms with Crippen LogP contribution in [-0.4, -0.2) is 26.8 Å². The van der Waals surface area contributed by atoms with Crippen LogP contribution in [0.5, 0.6) is 0 Å². The van der Waals surface area contributed by atoms with E-state index in [9.17, 15) is 13.2 Å². The maximum absolute atomic E-state index is 12.4. The number of hydrazone groups is 1. The second-order valence-corrected chi connectivity index (χ2v) is 10.7. The van der Waals surface area contributed by atoms with Crippen LogP contribution in [0.3, 0.4) is 0 Å². The molecular weight excluding hydrogens is 446 g/mol. The molecule has 0 bridgehead atoms. The molecular formula is C27H31N3O3S. The third-order valence-corrected chi connectivity index (χ3v) is 6.84. The van der Waals surface area contributed by atoms with Gasteiger partial charge in [0.05, 0.1) is 24.7 Å². The molecule has 6 nitrogen and oxygen atoms in total. The molecule has 0 fully saturated rings. The van der Waals surface area contributed by atoms with Gasteiger partial charge in [-0.2, -0.15) is 5.10 Å². The van der Waals surface area contributed by atoms with Gasteiger partial charge >= 0.3 is 0 Å². The van der Waals surface area contributed by atoms with Crippen molar-refractivity contribution in [2.75, 3.05) is 10.6 Å². The van der Waals surface area contributed by atoms with Crippen LogP contribution in [0.2, 0.25) is 0 Å². The Kier molecular flexibility index (Phi) is 7.89. The monoisotopic (exact) mass is 477 g/mol. The van der Waals surface area contributed by atoms with Crippen LogP contribution in [-0.2, 0) is 16.6 Å². The smallest absolute Gasteiger partial charge is 0.267 e. The molecule has 0 atom stereocenters. The SMILES string of the molecule is Cc1ccc(N(Cc2ccc(C(=O)N/N=C/c3ccc(C(C)C)cc3)cc2)S(C)(=O)=O)cc1C. The Balaban J connectivity index is 1.67. The van der Waals surface area contributed by atoms with Crippen LogP contribution >= 0.6 is 0 Å². The third-order valence-electron chi connectivity index (χ3n) is 5.70. The number of sulfonamides is 1. The van der Waals surface area contributed by atoms with Gasteiger partial charge in [-0.05, 0) is 71.8 Å². The topological polar surface area (TPSA) is 78.8 Å². The van der Waals surface area contributed by atoms with Gasteiger partial charge < -0.3 is 0 Å². The third kappa shape index (κ3) is 6.54. The van der Waals surface area contributed by atoms with Crippen molar-refractivity contribution in [3.8, 4) is 0 Å². The highest BCUT2D eigenvalue weighted by Crippen LogP contribution is 2.23. The molecule has 3 rings (SSSR count). The molecule has 3 aromatic carbocycles. The number of hydrogen-bond acceptors (Lipinski definition) is 4. The van der Waals surface area contributed by atoms with Crippen molar-refractivity contribution in [1.82, 2.24) is 5.43 Å². The number of carbonyl (C=O) groups excluding carboxylic acids is 1. The normalized spacial score (nSPS) is 11.7.